The van der Waals surface area contributed by atoms with E-state index < -0.39 is 5.41 Å². The third-order valence-electron chi connectivity index (χ3n) is 3.18. The van der Waals surface area contributed by atoms with Crippen LogP contribution in [0.2, 0.25) is 0 Å². The van der Waals surface area contributed by atoms with Crippen molar-refractivity contribution in [1.82, 2.24) is 9.97 Å². The van der Waals surface area contributed by atoms with Gasteiger partial charge in [0.1, 0.15) is 5.41 Å². The molecule has 1 aliphatic rings. The minimum absolute atomic E-state index is 0.0720. The number of rotatable bonds is 4. The molecule has 1 heterocycles. The summed E-state index contributed by atoms with van der Waals surface area (Å²) in [5.41, 5.74) is -0.945. The predicted octanol–water partition coefficient (Wildman–Crippen LogP) is 1.13. The van der Waals surface area contributed by atoms with Crippen molar-refractivity contribution < 1.29 is 14.3 Å². The number of nitriles is 1. The summed E-state index contributed by atoms with van der Waals surface area (Å²) in [5.74, 6) is 0.253. The summed E-state index contributed by atoms with van der Waals surface area (Å²) in [4.78, 5) is 20.0. The summed E-state index contributed by atoms with van der Waals surface area (Å²) < 4.78 is 9.97. The molecule has 0 atom stereocenters. The molecular weight excluding hydrogens is 248 g/mol. The van der Waals surface area contributed by atoms with E-state index in [9.17, 15) is 4.79 Å². The number of ether oxygens (including phenoxy) is 2. The molecular formula is C12H14N4O3. The standard InChI is InChI=1S/C12H14N4O3/c1-18-8-6-9(19-2)15-11(14-8)16-10(17)12(7-13)4-3-5-12/h6H,3-5H2,1-2H3,(H,14,15,16,17). The molecule has 1 N–H and O–H groups in total. The fourth-order valence-corrected chi connectivity index (χ4v) is 1.81. The van der Waals surface area contributed by atoms with Crippen LogP contribution in [0.3, 0.4) is 0 Å². The predicted molar refractivity (Wildman–Crippen MR) is 65.7 cm³/mol. The van der Waals surface area contributed by atoms with Crippen molar-refractivity contribution >= 4 is 11.9 Å². The lowest BCUT2D eigenvalue weighted by Gasteiger charge is -2.32. The Bertz CT molecular complexity index is 512. The molecule has 0 bridgehead atoms. The Kier molecular flexibility index (Phi) is 3.51. The maximum absolute atomic E-state index is 12.1. The minimum Gasteiger partial charge on any atom is -0.481 e. The molecule has 1 aliphatic carbocycles. The highest BCUT2D eigenvalue weighted by molar-refractivity contribution is 5.96. The summed E-state index contributed by atoms with van der Waals surface area (Å²) in [6.07, 6.45) is 2.01. The van der Waals surface area contributed by atoms with Crippen molar-refractivity contribution in [2.24, 2.45) is 5.41 Å². The Labute approximate surface area is 110 Å². The molecule has 1 amide bonds. The number of nitrogens with zero attached hydrogens (tertiary/aromatic N) is 3. The molecule has 0 saturated heterocycles. The summed E-state index contributed by atoms with van der Waals surface area (Å²) in [5, 5.41) is 11.6. The summed E-state index contributed by atoms with van der Waals surface area (Å²) in [6, 6.07) is 3.56. The van der Waals surface area contributed by atoms with Crippen LogP contribution in [0.1, 0.15) is 19.3 Å². The maximum atomic E-state index is 12.1. The molecule has 2 rings (SSSR count). The van der Waals surface area contributed by atoms with Gasteiger partial charge in [0.2, 0.25) is 23.6 Å². The first-order valence-corrected chi connectivity index (χ1v) is 5.83. The number of carbonyl (C=O) groups excluding carboxylic acids is 1. The van der Waals surface area contributed by atoms with Crippen LogP contribution in [0, 0.1) is 16.7 Å². The molecule has 0 spiro atoms. The lowest BCUT2D eigenvalue weighted by atomic mass is 9.69. The number of amides is 1. The number of nitrogens with one attached hydrogen (secondary N) is 1. The van der Waals surface area contributed by atoms with Gasteiger partial charge < -0.3 is 9.47 Å². The van der Waals surface area contributed by atoms with Gasteiger partial charge in [0.05, 0.1) is 26.4 Å². The van der Waals surface area contributed by atoms with E-state index in [-0.39, 0.29) is 23.6 Å². The third-order valence-corrected chi connectivity index (χ3v) is 3.18. The van der Waals surface area contributed by atoms with E-state index in [1.54, 1.807) is 0 Å². The smallest absolute Gasteiger partial charge is 0.247 e. The summed E-state index contributed by atoms with van der Waals surface area (Å²) in [6.45, 7) is 0. The second-order valence-corrected chi connectivity index (χ2v) is 4.28. The van der Waals surface area contributed by atoms with Gasteiger partial charge in [-0.1, -0.05) is 0 Å². The topological polar surface area (TPSA) is 97.1 Å². The van der Waals surface area contributed by atoms with Gasteiger partial charge in [0.15, 0.2) is 0 Å². The number of aromatic nitrogens is 2. The second-order valence-electron chi connectivity index (χ2n) is 4.28. The molecule has 1 aromatic heterocycles. The van der Waals surface area contributed by atoms with Gasteiger partial charge in [0.25, 0.3) is 0 Å². The van der Waals surface area contributed by atoms with Gasteiger partial charge >= 0.3 is 0 Å². The van der Waals surface area contributed by atoms with Crippen molar-refractivity contribution in [3.8, 4) is 17.8 Å². The lowest BCUT2D eigenvalue weighted by Crippen LogP contribution is -2.41. The SMILES string of the molecule is COc1cc(OC)nc(NC(=O)C2(C#N)CCC2)n1. The quantitative estimate of drug-likeness (QED) is 0.873. The highest BCUT2D eigenvalue weighted by Gasteiger charge is 2.45. The maximum Gasteiger partial charge on any atom is 0.247 e. The van der Waals surface area contributed by atoms with Crippen LogP contribution in [0.25, 0.3) is 0 Å². The van der Waals surface area contributed by atoms with Gasteiger partial charge in [-0.2, -0.15) is 15.2 Å². The van der Waals surface area contributed by atoms with Crippen LogP contribution in [0.15, 0.2) is 6.07 Å². The average Bonchev–Trinajstić information content (AvgIpc) is 2.37. The highest BCUT2D eigenvalue weighted by Crippen LogP contribution is 2.41. The molecule has 100 valence electrons. The van der Waals surface area contributed by atoms with E-state index in [0.717, 1.165) is 6.42 Å². The van der Waals surface area contributed by atoms with Crippen LogP contribution in [0.4, 0.5) is 5.95 Å². The Hall–Kier alpha value is -2.36. The fraction of sp³-hybridized carbons (Fsp3) is 0.500. The van der Waals surface area contributed by atoms with Gasteiger partial charge in [-0.25, -0.2) is 0 Å². The molecule has 19 heavy (non-hydrogen) atoms. The molecule has 7 heteroatoms. The molecule has 0 aromatic carbocycles. The summed E-state index contributed by atoms with van der Waals surface area (Å²) >= 11 is 0. The van der Waals surface area contributed by atoms with E-state index in [2.05, 4.69) is 21.4 Å². The van der Waals surface area contributed by atoms with Crippen LogP contribution in [0.5, 0.6) is 11.8 Å². The zero-order valence-electron chi connectivity index (χ0n) is 10.8. The Morgan fingerprint density at radius 2 is 1.95 bits per heavy atom. The third kappa shape index (κ3) is 2.42. The molecule has 1 saturated carbocycles. The van der Waals surface area contributed by atoms with Gasteiger partial charge in [-0.3, -0.25) is 10.1 Å². The van der Waals surface area contributed by atoms with E-state index >= 15 is 0 Å². The van der Waals surface area contributed by atoms with Crippen molar-refractivity contribution in [3.63, 3.8) is 0 Å². The van der Waals surface area contributed by atoms with Crippen LogP contribution in [-0.4, -0.2) is 30.1 Å². The van der Waals surface area contributed by atoms with Crippen LogP contribution < -0.4 is 14.8 Å². The first-order chi connectivity index (χ1) is 9.13. The van der Waals surface area contributed by atoms with Crippen molar-refractivity contribution in [2.45, 2.75) is 19.3 Å². The Morgan fingerprint density at radius 1 is 1.37 bits per heavy atom. The van der Waals surface area contributed by atoms with E-state index in [4.69, 9.17) is 14.7 Å². The van der Waals surface area contributed by atoms with Crippen molar-refractivity contribution in [2.75, 3.05) is 19.5 Å². The van der Waals surface area contributed by atoms with Crippen LogP contribution in [-0.2, 0) is 4.79 Å². The van der Waals surface area contributed by atoms with Gasteiger partial charge in [0, 0.05) is 0 Å². The number of carbonyl (C=O) groups is 1. The Morgan fingerprint density at radius 3 is 2.32 bits per heavy atom. The van der Waals surface area contributed by atoms with Gasteiger partial charge in [-0.15, -0.1) is 0 Å². The second kappa shape index (κ2) is 5.10. The first-order valence-electron chi connectivity index (χ1n) is 5.83. The Balaban J connectivity index is 2.19. The monoisotopic (exact) mass is 262 g/mol. The molecule has 1 aromatic rings. The normalized spacial score (nSPS) is 15.8. The number of anilines is 1. The zero-order chi connectivity index (χ0) is 13.9. The fourth-order valence-electron chi connectivity index (χ4n) is 1.81. The number of methoxy groups -OCH3 is 2. The van der Waals surface area contributed by atoms with E-state index in [1.165, 1.54) is 20.3 Å². The number of hydrogen-bond acceptors (Lipinski definition) is 6. The van der Waals surface area contributed by atoms with Crippen molar-refractivity contribution in [3.05, 3.63) is 6.07 Å². The minimum atomic E-state index is -0.945. The van der Waals surface area contributed by atoms with Gasteiger partial charge in [-0.05, 0) is 19.3 Å². The molecule has 0 unspecified atom stereocenters. The largest absolute Gasteiger partial charge is 0.481 e. The van der Waals surface area contributed by atoms with E-state index in [1.807, 2.05) is 0 Å². The van der Waals surface area contributed by atoms with E-state index in [0.29, 0.717) is 12.8 Å². The zero-order valence-corrected chi connectivity index (χ0v) is 10.8. The average molecular weight is 262 g/mol. The van der Waals surface area contributed by atoms with Crippen molar-refractivity contribution in [1.29, 1.82) is 5.26 Å². The summed E-state index contributed by atoms with van der Waals surface area (Å²) in [7, 11) is 2.91. The molecule has 0 aliphatic heterocycles. The van der Waals surface area contributed by atoms with Crippen LogP contribution >= 0.6 is 0 Å². The highest BCUT2D eigenvalue weighted by atomic mass is 16.5. The molecule has 0 radical (unpaired) electrons. The molecule has 7 nitrogen and oxygen atoms in total. The first kappa shape index (κ1) is 13.1. The lowest BCUT2D eigenvalue weighted by molar-refractivity contribution is -0.126. The number of hydrogen-bond donors (Lipinski definition) is 1. The molecule has 1 fully saturated rings.